The first-order valence-corrected chi connectivity index (χ1v) is 7.93. The largest absolute Gasteiger partial charge is 0.350 e. The highest BCUT2D eigenvalue weighted by Crippen LogP contribution is 2.28. The highest BCUT2D eigenvalue weighted by atomic mass is 19.1. The average Bonchev–Trinajstić information content (AvgIpc) is 3.17. The van der Waals surface area contributed by atoms with Crippen molar-refractivity contribution in [3.63, 3.8) is 0 Å². The van der Waals surface area contributed by atoms with Crippen LogP contribution in [-0.2, 0) is 6.54 Å². The molecule has 2 aliphatic rings. The van der Waals surface area contributed by atoms with E-state index in [1.54, 1.807) is 12.3 Å². The molecule has 3 rings (SSSR count). The molecule has 0 aromatic carbocycles. The summed E-state index contributed by atoms with van der Waals surface area (Å²) in [6.07, 6.45) is 6.41. The lowest BCUT2D eigenvalue weighted by Crippen LogP contribution is -2.38. The second kappa shape index (κ2) is 6.28. The van der Waals surface area contributed by atoms with Crippen LogP contribution in [0.4, 0.5) is 10.2 Å². The molecule has 1 unspecified atom stereocenters. The van der Waals surface area contributed by atoms with Crippen molar-refractivity contribution in [3.8, 4) is 0 Å². The number of nitrogens with zero attached hydrogens (tertiary/aromatic N) is 3. The quantitative estimate of drug-likeness (QED) is 0.869. The van der Waals surface area contributed by atoms with E-state index >= 15 is 0 Å². The van der Waals surface area contributed by atoms with Gasteiger partial charge in [0.05, 0.1) is 0 Å². The summed E-state index contributed by atoms with van der Waals surface area (Å²) in [5.41, 5.74) is 0.738. The van der Waals surface area contributed by atoms with Crippen LogP contribution in [-0.4, -0.2) is 49.2 Å². The number of pyridine rings is 1. The number of likely N-dealkylation sites (N-methyl/N-ethyl adjacent to an activating group) is 1. The van der Waals surface area contributed by atoms with Gasteiger partial charge in [-0.2, -0.15) is 0 Å². The molecule has 1 saturated carbocycles. The van der Waals surface area contributed by atoms with Gasteiger partial charge in [0.25, 0.3) is 0 Å². The zero-order valence-electron chi connectivity index (χ0n) is 13.0. The van der Waals surface area contributed by atoms with Crippen LogP contribution in [0.5, 0.6) is 0 Å². The normalized spacial score (nSPS) is 22.3. The first-order chi connectivity index (χ1) is 10.1. The second-order valence-electron chi connectivity index (χ2n) is 6.51. The molecule has 2 fully saturated rings. The van der Waals surface area contributed by atoms with E-state index in [1.165, 1.54) is 12.8 Å². The lowest BCUT2D eigenvalue weighted by molar-refractivity contribution is 0.370. The molecule has 5 heteroatoms. The first-order valence-electron chi connectivity index (χ1n) is 7.93. The Morgan fingerprint density at radius 3 is 2.90 bits per heavy atom. The molecular weight excluding hydrogens is 267 g/mol. The van der Waals surface area contributed by atoms with E-state index in [-0.39, 0.29) is 5.82 Å². The zero-order chi connectivity index (χ0) is 14.8. The minimum atomic E-state index is -0.142. The molecule has 0 bridgehead atoms. The summed E-state index contributed by atoms with van der Waals surface area (Å²) in [4.78, 5) is 8.64. The summed E-state index contributed by atoms with van der Waals surface area (Å²) in [6.45, 7) is 2.46. The Hall–Kier alpha value is -1.20. The number of rotatable bonds is 6. The van der Waals surface area contributed by atoms with E-state index in [9.17, 15) is 4.39 Å². The van der Waals surface area contributed by atoms with Gasteiger partial charge in [0, 0.05) is 43.5 Å². The fraction of sp³-hybridized carbons (Fsp3) is 0.688. The van der Waals surface area contributed by atoms with Gasteiger partial charge < -0.3 is 15.1 Å². The summed E-state index contributed by atoms with van der Waals surface area (Å²) >= 11 is 0. The molecule has 116 valence electrons. The molecule has 0 spiro atoms. The van der Waals surface area contributed by atoms with Crippen LogP contribution >= 0.6 is 0 Å². The molecule has 1 saturated heterocycles. The Balaban J connectivity index is 1.75. The molecule has 4 nitrogen and oxygen atoms in total. The zero-order valence-corrected chi connectivity index (χ0v) is 13.0. The van der Waals surface area contributed by atoms with Crippen LogP contribution in [0, 0.1) is 5.82 Å². The Labute approximate surface area is 126 Å². The molecule has 1 aromatic rings. The van der Waals surface area contributed by atoms with Crippen LogP contribution in [0.1, 0.15) is 31.2 Å². The molecular formula is C16H25FN4. The second-order valence-corrected chi connectivity index (χ2v) is 6.51. The minimum absolute atomic E-state index is 0.142. The summed E-state index contributed by atoms with van der Waals surface area (Å²) in [5, 5.41) is 3.38. The van der Waals surface area contributed by atoms with E-state index in [2.05, 4.69) is 34.2 Å². The van der Waals surface area contributed by atoms with Crippen molar-refractivity contribution in [1.82, 2.24) is 15.2 Å². The molecule has 2 heterocycles. The first kappa shape index (κ1) is 14.7. The van der Waals surface area contributed by atoms with Gasteiger partial charge >= 0.3 is 0 Å². The molecule has 1 N–H and O–H groups in total. The SMILES string of the molecule is CN(C)CC1CCCN1c1nccc(CNC2CC2)c1F. The standard InChI is InChI=1S/C16H25FN4/c1-20(2)11-14-4-3-9-21(14)16-15(17)12(7-8-18-16)10-19-13-5-6-13/h7-8,13-14,19H,3-6,9-11H2,1-2H3. The summed E-state index contributed by atoms with van der Waals surface area (Å²) in [5.74, 6) is 0.394. The lowest BCUT2D eigenvalue weighted by atomic mass is 10.2. The number of halogens is 1. The predicted octanol–water partition coefficient (Wildman–Crippen LogP) is 2.00. The van der Waals surface area contributed by atoms with Gasteiger partial charge in [0.2, 0.25) is 0 Å². The van der Waals surface area contributed by atoms with Crippen LogP contribution < -0.4 is 10.2 Å². The van der Waals surface area contributed by atoms with Crippen molar-refractivity contribution >= 4 is 5.82 Å². The minimum Gasteiger partial charge on any atom is -0.350 e. The van der Waals surface area contributed by atoms with Crippen molar-refractivity contribution in [2.75, 3.05) is 32.1 Å². The van der Waals surface area contributed by atoms with Gasteiger partial charge in [-0.15, -0.1) is 0 Å². The average molecular weight is 292 g/mol. The summed E-state index contributed by atoms with van der Waals surface area (Å²) in [6, 6.07) is 2.76. The fourth-order valence-electron chi connectivity index (χ4n) is 3.08. The van der Waals surface area contributed by atoms with Crippen molar-refractivity contribution in [2.24, 2.45) is 0 Å². The van der Waals surface area contributed by atoms with Crippen molar-refractivity contribution < 1.29 is 4.39 Å². The maximum absolute atomic E-state index is 14.7. The van der Waals surface area contributed by atoms with Crippen molar-refractivity contribution in [3.05, 3.63) is 23.6 Å². The van der Waals surface area contributed by atoms with Crippen LogP contribution in [0.25, 0.3) is 0 Å². The molecule has 1 atom stereocenters. The number of aromatic nitrogens is 1. The Morgan fingerprint density at radius 1 is 1.38 bits per heavy atom. The smallest absolute Gasteiger partial charge is 0.170 e. The third-order valence-corrected chi connectivity index (χ3v) is 4.33. The van der Waals surface area contributed by atoms with Crippen LogP contribution in [0.2, 0.25) is 0 Å². The van der Waals surface area contributed by atoms with Gasteiger partial charge in [-0.05, 0) is 45.8 Å². The van der Waals surface area contributed by atoms with Gasteiger partial charge in [-0.1, -0.05) is 0 Å². The van der Waals surface area contributed by atoms with Gasteiger partial charge in [0.1, 0.15) is 0 Å². The van der Waals surface area contributed by atoms with Gasteiger partial charge in [-0.3, -0.25) is 0 Å². The van der Waals surface area contributed by atoms with E-state index in [0.717, 1.165) is 31.5 Å². The van der Waals surface area contributed by atoms with Gasteiger partial charge in [0.15, 0.2) is 11.6 Å². The highest BCUT2D eigenvalue weighted by Gasteiger charge is 2.29. The maximum Gasteiger partial charge on any atom is 0.170 e. The van der Waals surface area contributed by atoms with E-state index in [1.807, 2.05) is 0 Å². The fourth-order valence-corrected chi connectivity index (χ4v) is 3.08. The molecule has 0 radical (unpaired) electrons. The summed E-state index contributed by atoms with van der Waals surface area (Å²) in [7, 11) is 4.13. The van der Waals surface area contributed by atoms with Crippen molar-refractivity contribution in [2.45, 2.75) is 44.3 Å². The molecule has 1 aromatic heterocycles. The molecule has 21 heavy (non-hydrogen) atoms. The predicted molar refractivity (Wildman–Crippen MR) is 83.0 cm³/mol. The molecule has 1 aliphatic carbocycles. The Bertz CT molecular complexity index is 487. The number of nitrogens with one attached hydrogen (secondary N) is 1. The highest BCUT2D eigenvalue weighted by molar-refractivity contribution is 5.45. The maximum atomic E-state index is 14.7. The van der Waals surface area contributed by atoms with Gasteiger partial charge in [-0.25, -0.2) is 9.37 Å². The number of hydrogen-bond donors (Lipinski definition) is 1. The third-order valence-electron chi connectivity index (χ3n) is 4.33. The number of hydrogen-bond acceptors (Lipinski definition) is 4. The molecule has 0 amide bonds. The van der Waals surface area contributed by atoms with E-state index < -0.39 is 0 Å². The Kier molecular flexibility index (Phi) is 4.40. The lowest BCUT2D eigenvalue weighted by Gasteiger charge is -2.28. The van der Waals surface area contributed by atoms with Crippen LogP contribution in [0.3, 0.4) is 0 Å². The molecule has 1 aliphatic heterocycles. The number of anilines is 1. The Morgan fingerprint density at radius 2 is 2.19 bits per heavy atom. The van der Waals surface area contributed by atoms with Crippen LogP contribution in [0.15, 0.2) is 12.3 Å². The summed E-state index contributed by atoms with van der Waals surface area (Å²) < 4.78 is 14.7. The van der Waals surface area contributed by atoms with Crippen molar-refractivity contribution in [1.29, 1.82) is 0 Å². The topological polar surface area (TPSA) is 31.4 Å². The van der Waals surface area contributed by atoms with E-state index in [0.29, 0.717) is 24.4 Å². The third kappa shape index (κ3) is 3.52. The monoisotopic (exact) mass is 292 g/mol. The van der Waals surface area contributed by atoms with E-state index in [4.69, 9.17) is 0 Å².